The van der Waals surface area contributed by atoms with Crippen LogP contribution in [0.5, 0.6) is 0 Å². The predicted molar refractivity (Wildman–Crippen MR) is 62.7 cm³/mol. The van der Waals surface area contributed by atoms with Crippen molar-refractivity contribution in [1.82, 2.24) is 10.6 Å². The molecule has 0 saturated heterocycles. The molecule has 1 rings (SSSR count). The van der Waals surface area contributed by atoms with E-state index in [1.54, 1.807) is 6.92 Å². The van der Waals surface area contributed by atoms with Crippen LogP contribution in [0.25, 0.3) is 0 Å². The summed E-state index contributed by atoms with van der Waals surface area (Å²) in [4.78, 5) is 23.3. The van der Waals surface area contributed by atoms with Crippen LogP contribution >= 0.6 is 0 Å². The summed E-state index contributed by atoms with van der Waals surface area (Å²) in [5.74, 6) is -1.31. The van der Waals surface area contributed by atoms with Gasteiger partial charge in [0.15, 0.2) is 0 Å². The molecule has 5 heteroatoms. The van der Waals surface area contributed by atoms with Gasteiger partial charge in [-0.25, -0.2) is 0 Å². The molecule has 2 atom stereocenters. The lowest BCUT2D eigenvalue weighted by Gasteiger charge is -2.17. The highest BCUT2D eigenvalue weighted by atomic mass is 16.2. The maximum atomic E-state index is 11.7. The minimum Gasteiger partial charge on any atom is -0.352 e. The van der Waals surface area contributed by atoms with E-state index < -0.39 is 12.0 Å². The van der Waals surface area contributed by atoms with Gasteiger partial charge in [-0.05, 0) is 25.7 Å². The Labute approximate surface area is 102 Å². The number of carbonyl (C=O) groups excluding carboxylic acids is 2. The number of hydrogen-bond donors (Lipinski definition) is 2. The number of hydrogen-bond acceptors (Lipinski definition) is 3. The van der Waals surface area contributed by atoms with Crippen LogP contribution < -0.4 is 10.6 Å². The van der Waals surface area contributed by atoms with Gasteiger partial charge in [0.25, 0.3) is 0 Å². The predicted octanol–water partition coefficient (Wildman–Crippen LogP) is 0.565. The molecule has 0 aromatic carbocycles. The van der Waals surface area contributed by atoms with Gasteiger partial charge in [0.05, 0.1) is 6.07 Å². The molecule has 0 radical (unpaired) electrons. The summed E-state index contributed by atoms with van der Waals surface area (Å²) in [6.45, 7) is 5.25. The standard InChI is InChI=1S/C12H19N3O2/c1-7(2)10(6-13)12(17)14-8(3)11(16)15-9-4-5-9/h7-10H,4-5H2,1-3H3,(H,14,17)(H,15,16). The summed E-state index contributed by atoms with van der Waals surface area (Å²) in [6, 6.07) is 1.65. The van der Waals surface area contributed by atoms with Crippen molar-refractivity contribution in [3.8, 4) is 6.07 Å². The average molecular weight is 237 g/mol. The Morgan fingerprint density at radius 3 is 2.24 bits per heavy atom. The fraction of sp³-hybridized carbons (Fsp3) is 0.750. The van der Waals surface area contributed by atoms with Gasteiger partial charge < -0.3 is 10.6 Å². The third-order valence-electron chi connectivity index (χ3n) is 2.76. The van der Waals surface area contributed by atoms with Crippen LogP contribution in [-0.2, 0) is 9.59 Å². The number of amides is 2. The highest BCUT2D eigenvalue weighted by Crippen LogP contribution is 2.18. The monoisotopic (exact) mass is 237 g/mol. The van der Waals surface area contributed by atoms with E-state index in [4.69, 9.17) is 5.26 Å². The van der Waals surface area contributed by atoms with Crippen molar-refractivity contribution < 1.29 is 9.59 Å². The molecular weight excluding hydrogens is 218 g/mol. The molecule has 2 N–H and O–H groups in total. The topological polar surface area (TPSA) is 82.0 Å². The minimum absolute atomic E-state index is 0.0568. The Hall–Kier alpha value is -1.57. The van der Waals surface area contributed by atoms with Gasteiger partial charge in [-0.15, -0.1) is 0 Å². The van der Waals surface area contributed by atoms with Crippen LogP contribution in [-0.4, -0.2) is 23.9 Å². The molecule has 17 heavy (non-hydrogen) atoms. The summed E-state index contributed by atoms with van der Waals surface area (Å²) in [5, 5.41) is 14.2. The largest absolute Gasteiger partial charge is 0.352 e. The summed E-state index contributed by atoms with van der Waals surface area (Å²) < 4.78 is 0. The lowest BCUT2D eigenvalue weighted by Crippen LogP contribution is -2.47. The first kappa shape index (κ1) is 13.5. The molecule has 0 heterocycles. The molecule has 0 aliphatic heterocycles. The maximum absolute atomic E-state index is 11.7. The Morgan fingerprint density at radius 1 is 1.24 bits per heavy atom. The van der Waals surface area contributed by atoms with Gasteiger partial charge in [-0.1, -0.05) is 13.8 Å². The second-order valence-corrected chi connectivity index (χ2v) is 4.86. The quantitative estimate of drug-likeness (QED) is 0.733. The van der Waals surface area contributed by atoms with Gasteiger partial charge in [0, 0.05) is 6.04 Å². The van der Waals surface area contributed by atoms with Gasteiger partial charge in [0.1, 0.15) is 12.0 Å². The SMILES string of the molecule is CC(NC(=O)C(C#N)C(C)C)C(=O)NC1CC1. The minimum atomic E-state index is -0.703. The van der Waals surface area contributed by atoms with Crippen LogP contribution in [0, 0.1) is 23.2 Å². The smallest absolute Gasteiger partial charge is 0.242 e. The lowest BCUT2D eigenvalue weighted by molar-refractivity contribution is -0.130. The second-order valence-electron chi connectivity index (χ2n) is 4.86. The van der Waals surface area contributed by atoms with E-state index in [1.165, 1.54) is 0 Å². The molecule has 1 fully saturated rings. The first-order valence-corrected chi connectivity index (χ1v) is 5.96. The van der Waals surface area contributed by atoms with E-state index >= 15 is 0 Å². The summed E-state index contributed by atoms with van der Waals surface area (Å²) in [7, 11) is 0. The molecule has 5 nitrogen and oxygen atoms in total. The molecular formula is C12H19N3O2. The summed E-state index contributed by atoms with van der Waals surface area (Å²) in [6.07, 6.45) is 2.03. The number of carbonyl (C=O) groups is 2. The molecule has 1 saturated carbocycles. The molecule has 2 unspecified atom stereocenters. The van der Waals surface area contributed by atoms with E-state index in [9.17, 15) is 9.59 Å². The van der Waals surface area contributed by atoms with Crippen molar-refractivity contribution in [1.29, 1.82) is 5.26 Å². The van der Waals surface area contributed by atoms with Gasteiger partial charge >= 0.3 is 0 Å². The van der Waals surface area contributed by atoms with Crippen LogP contribution in [0.2, 0.25) is 0 Å². The Kier molecular flexibility index (Phi) is 4.50. The first-order chi connectivity index (χ1) is 7.95. The summed E-state index contributed by atoms with van der Waals surface area (Å²) in [5.41, 5.74) is 0. The Morgan fingerprint density at radius 2 is 1.82 bits per heavy atom. The Bertz CT molecular complexity index is 342. The van der Waals surface area contributed by atoms with Crippen molar-refractivity contribution in [2.24, 2.45) is 11.8 Å². The highest BCUT2D eigenvalue weighted by molar-refractivity contribution is 5.89. The molecule has 0 aromatic rings. The number of nitriles is 1. The van der Waals surface area contributed by atoms with Crippen LogP contribution in [0.3, 0.4) is 0 Å². The van der Waals surface area contributed by atoms with E-state index in [0.29, 0.717) is 0 Å². The number of nitrogens with one attached hydrogen (secondary N) is 2. The zero-order valence-corrected chi connectivity index (χ0v) is 10.5. The average Bonchev–Trinajstić information content (AvgIpc) is 3.01. The second kappa shape index (κ2) is 5.67. The van der Waals surface area contributed by atoms with Crippen LogP contribution in [0.1, 0.15) is 33.6 Å². The van der Waals surface area contributed by atoms with Crippen molar-refractivity contribution >= 4 is 11.8 Å². The molecule has 0 bridgehead atoms. The van der Waals surface area contributed by atoms with Gasteiger partial charge in [-0.2, -0.15) is 5.26 Å². The Balaban J connectivity index is 2.43. The normalized spacial score (nSPS) is 18.1. The molecule has 0 spiro atoms. The fourth-order valence-electron chi connectivity index (χ4n) is 1.43. The zero-order chi connectivity index (χ0) is 13.0. The fourth-order valence-corrected chi connectivity index (χ4v) is 1.43. The molecule has 1 aliphatic rings. The molecule has 94 valence electrons. The van der Waals surface area contributed by atoms with Gasteiger partial charge in [0.2, 0.25) is 11.8 Å². The van der Waals surface area contributed by atoms with Crippen LogP contribution in [0.15, 0.2) is 0 Å². The lowest BCUT2D eigenvalue weighted by atomic mass is 9.96. The van der Waals surface area contributed by atoms with Gasteiger partial charge in [-0.3, -0.25) is 9.59 Å². The maximum Gasteiger partial charge on any atom is 0.242 e. The first-order valence-electron chi connectivity index (χ1n) is 5.96. The molecule has 0 aromatic heterocycles. The van der Waals surface area contributed by atoms with E-state index in [1.807, 2.05) is 19.9 Å². The van der Waals surface area contributed by atoms with Crippen LogP contribution in [0.4, 0.5) is 0 Å². The van der Waals surface area contributed by atoms with E-state index in [2.05, 4.69) is 10.6 Å². The third-order valence-corrected chi connectivity index (χ3v) is 2.76. The number of rotatable bonds is 5. The number of nitrogens with zero attached hydrogens (tertiary/aromatic N) is 1. The molecule has 2 amide bonds. The summed E-state index contributed by atoms with van der Waals surface area (Å²) >= 11 is 0. The van der Waals surface area contributed by atoms with Crippen molar-refractivity contribution in [3.05, 3.63) is 0 Å². The zero-order valence-electron chi connectivity index (χ0n) is 10.5. The molecule has 1 aliphatic carbocycles. The van der Waals surface area contributed by atoms with Crippen molar-refractivity contribution in [2.75, 3.05) is 0 Å². The highest BCUT2D eigenvalue weighted by Gasteiger charge is 2.28. The van der Waals surface area contributed by atoms with E-state index in [0.717, 1.165) is 12.8 Å². The van der Waals surface area contributed by atoms with Crippen molar-refractivity contribution in [2.45, 2.75) is 45.7 Å². The third kappa shape index (κ3) is 4.06. The van der Waals surface area contributed by atoms with E-state index in [-0.39, 0.29) is 23.8 Å². The van der Waals surface area contributed by atoms with Crippen molar-refractivity contribution in [3.63, 3.8) is 0 Å².